The minimum absolute atomic E-state index is 0.0135. The summed E-state index contributed by atoms with van der Waals surface area (Å²) in [5.41, 5.74) is 2.34. The van der Waals surface area contributed by atoms with Crippen LogP contribution in [0.5, 0.6) is 11.5 Å². The van der Waals surface area contributed by atoms with Gasteiger partial charge in [0.1, 0.15) is 18.2 Å². The molecule has 186 valence electrons. The van der Waals surface area contributed by atoms with Crippen LogP contribution in [0.1, 0.15) is 11.1 Å². The van der Waals surface area contributed by atoms with Crippen molar-refractivity contribution < 1.29 is 14.3 Å². The van der Waals surface area contributed by atoms with E-state index in [4.69, 9.17) is 9.47 Å². The highest BCUT2D eigenvalue weighted by molar-refractivity contribution is 14.1. The van der Waals surface area contributed by atoms with Gasteiger partial charge in [0.15, 0.2) is 11.5 Å². The SMILES string of the molecule is COc1cc(C=C(C#N)C(=O)Nc2ccc3ccccc3c2)cc(I)c1OCc1cccc2ccccc12. The monoisotopic (exact) mass is 610 g/mol. The molecule has 5 aromatic carbocycles. The van der Waals surface area contributed by atoms with Crippen molar-refractivity contribution in [3.63, 3.8) is 0 Å². The summed E-state index contributed by atoms with van der Waals surface area (Å²) in [5, 5.41) is 16.9. The predicted molar refractivity (Wildman–Crippen MR) is 160 cm³/mol. The molecule has 1 amide bonds. The molecule has 0 atom stereocenters. The number of rotatable bonds is 7. The summed E-state index contributed by atoms with van der Waals surface area (Å²) in [6.07, 6.45) is 1.55. The number of halogens is 1. The summed E-state index contributed by atoms with van der Waals surface area (Å²) in [6.45, 7) is 0.376. The van der Waals surface area contributed by atoms with Gasteiger partial charge in [-0.3, -0.25) is 4.79 Å². The van der Waals surface area contributed by atoms with Gasteiger partial charge in [-0.05, 0) is 85.6 Å². The van der Waals surface area contributed by atoms with Gasteiger partial charge >= 0.3 is 0 Å². The zero-order valence-electron chi connectivity index (χ0n) is 20.6. The van der Waals surface area contributed by atoms with Crippen molar-refractivity contribution in [2.24, 2.45) is 0 Å². The van der Waals surface area contributed by atoms with Crippen LogP contribution in [0, 0.1) is 14.9 Å². The van der Waals surface area contributed by atoms with Gasteiger partial charge in [0.25, 0.3) is 5.91 Å². The van der Waals surface area contributed by atoms with Crippen molar-refractivity contribution in [2.75, 3.05) is 12.4 Å². The molecule has 0 bridgehead atoms. The Balaban J connectivity index is 1.37. The van der Waals surface area contributed by atoms with Gasteiger partial charge in [-0.1, -0.05) is 72.8 Å². The molecule has 0 fully saturated rings. The van der Waals surface area contributed by atoms with Crippen LogP contribution in [0.2, 0.25) is 0 Å². The van der Waals surface area contributed by atoms with E-state index in [1.54, 1.807) is 19.3 Å². The van der Waals surface area contributed by atoms with Gasteiger partial charge < -0.3 is 14.8 Å². The summed E-state index contributed by atoms with van der Waals surface area (Å²) in [7, 11) is 1.57. The number of methoxy groups -OCH3 is 1. The zero-order chi connectivity index (χ0) is 26.5. The first-order valence-electron chi connectivity index (χ1n) is 11.9. The van der Waals surface area contributed by atoms with Crippen molar-refractivity contribution in [3.05, 3.63) is 117 Å². The largest absolute Gasteiger partial charge is 0.493 e. The second kappa shape index (κ2) is 11.4. The quantitative estimate of drug-likeness (QED) is 0.116. The molecule has 38 heavy (non-hydrogen) atoms. The number of fused-ring (bicyclic) bond motifs is 2. The maximum absolute atomic E-state index is 12.9. The number of nitriles is 1. The number of ether oxygens (including phenoxy) is 2. The fourth-order valence-corrected chi connectivity index (χ4v) is 5.09. The maximum Gasteiger partial charge on any atom is 0.266 e. The summed E-state index contributed by atoms with van der Waals surface area (Å²) >= 11 is 2.18. The Kier molecular flexibility index (Phi) is 7.57. The number of amides is 1. The summed E-state index contributed by atoms with van der Waals surface area (Å²) in [6, 6.07) is 33.5. The molecule has 0 aliphatic heterocycles. The Morgan fingerprint density at radius 2 is 1.66 bits per heavy atom. The average molecular weight is 610 g/mol. The summed E-state index contributed by atoms with van der Waals surface area (Å²) in [5.74, 6) is 0.654. The molecule has 0 aliphatic carbocycles. The number of hydrogen-bond acceptors (Lipinski definition) is 4. The van der Waals surface area contributed by atoms with Gasteiger partial charge in [0, 0.05) is 5.69 Å². The zero-order valence-corrected chi connectivity index (χ0v) is 22.7. The second-order valence-corrected chi connectivity index (χ2v) is 9.81. The van der Waals surface area contributed by atoms with E-state index in [0.717, 1.165) is 30.7 Å². The first kappa shape index (κ1) is 25.3. The third kappa shape index (κ3) is 5.48. The number of nitrogens with zero attached hydrogens (tertiary/aromatic N) is 1. The normalized spacial score (nSPS) is 11.2. The molecule has 0 unspecified atom stereocenters. The third-order valence-electron chi connectivity index (χ3n) is 6.19. The van der Waals surface area contributed by atoms with Crippen molar-refractivity contribution in [3.8, 4) is 17.6 Å². The van der Waals surface area contributed by atoms with Crippen LogP contribution < -0.4 is 14.8 Å². The van der Waals surface area contributed by atoms with Crippen molar-refractivity contribution in [2.45, 2.75) is 6.61 Å². The van der Waals surface area contributed by atoms with E-state index in [1.807, 2.05) is 78.9 Å². The molecule has 6 heteroatoms. The number of anilines is 1. The van der Waals surface area contributed by atoms with Crippen LogP contribution in [0.25, 0.3) is 27.6 Å². The molecule has 0 spiro atoms. The van der Waals surface area contributed by atoms with Crippen LogP contribution in [0.3, 0.4) is 0 Å². The van der Waals surface area contributed by atoms with E-state index in [1.165, 1.54) is 0 Å². The van der Waals surface area contributed by atoms with Crippen molar-refractivity contribution >= 4 is 61.8 Å². The molecule has 0 saturated carbocycles. The lowest BCUT2D eigenvalue weighted by Crippen LogP contribution is -2.13. The lowest BCUT2D eigenvalue weighted by molar-refractivity contribution is -0.112. The molecule has 0 radical (unpaired) electrons. The van der Waals surface area contributed by atoms with E-state index >= 15 is 0 Å². The van der Waals surface area contributed by atoms with Crippen molar-refractivity contribution in [1.29, 1.82) is 5.26 Å². The number of nitrogens with one attached hydrogen (secondary N) is 1. The molecule has 0 heterocycles. The van der Waals surface area contributed by atoms with E-state index in [0.29, 0.717) is 29.4 Å². The second-order valence-electron chi connectivity index (χ2n) is 8.65. The summed E-state index contributed by atoms with van der Waals surface area (Å²) in [4.78, 5) is 12.9. The van der Waals surface area contributed by atoms with Crippen LogP contribution in [-0.2, 0) is 11.4 Å². The van der Waals surface area contributed by atoms with Gasteiger partial charge in [-0.15, -0.1) is 0 Å². The number of benzene rings is 5. The molecular weight excluding hydrogens is 587 g/mol. The van der Waals surface area contributed by atoms with Crippen LogP contribution in [0.15, 0.2) is 103 Å². The highest BCUT2D eigenvalue weighted by Crippen LogP contribution is 2.36. The number of carbonyl (C=O) groups is 1. The van der Waals surface area contributed by atoms with E-state index < -0.39 is 5.91 Å². The topological polar surface area (TPSA) is 71.3 Å². The van der Waals surface area contributed by atoms with Gasteiger partial charge in [-0.2, -0.15) is 5.26 Å². The Bertz CT molecular complexity index is 1730. The highest BCUT2D eigenvalue weighted by Gasteiger charge is 2.15. The Labute approximate surface area is 234 Å². The van der Waals surface area contributed by atoms with Crippen LogP contribution in [-0.4, -0.2) is 13.0 Å². The predicted octanol–water partition coefficient (Wildman–Crippen LogP) is 7.73. The standard InChI is InChI=1S/C32H23IN2O3/c1-37-30-17-21(15-26(19-34)32(36)35-27-14-13-22-7-2-3-9-24(22)18-27)16-29(33)31(30)38-20-25-11-6-10-23-8-4-5-12-28(23)25/h2-18H,20H2,1H3,(H,35,36). The Hall–Kier alpha value is -4.35. The molecule has 0 saturated heterocycles. The molecule has 0 aliphatic rings. The molecular formula is C32H23IN2O3. The minimum atomic E-state index is -0.479. The van der Waals surface area contributed by atoms with E-state index in [-0.39, 0.29) is 5.57 Å². The molecule has 5 aromatic rings. The lowest BCUT2D eigenvalue weighted by atomic mass is 10.1. The van der Waals surface area contributed by atoms with Crippen LogP contribution >= 0.6 is 22.6 Å². The summed E-state index contributed by atoms with van der Waals surface area (Å²) < 4.78 is 12.6. The smallest absolute Gasteiger partial charge is 0.266 e. The van der Waals surface area contributed by atoms with Gasteiger partial charge in [0.2, 0.25) is 0 Å². The fourth-order valence-electron chi connectivity index (χ4n) is 4.31. The molecule has 5 rings (SSSR count). The van der Waals surface area contributed by atoms with Gasteiger partial charge in [0.05, 0.1) is 10.7 Å². The Morgan fingerprint density at radius 3 is 2.45 bits per heavy atom. The van der Waals surface area contributed by atoms with E-state index in [9.17, 15) is 10.1 Å². The molecule has 5 nitrogen and oxygen atoms in total. The highest BCUT2D eigenvalue weighted by atomic mass is 127. The maximum atomic E-state index is 12.9. The van der Waals surface area contributed by atoms with E-state index in [2.05, 4.69) is 46.1 Å². The number of carbonyl (C=O) groups excluding carboxylic acids is 1. The van der Waals surface area contributed by atoms with Crippen molar-refractivity contribution in [1.82, 2.24) is 0 Å². The van der Waals surface area contributed by atoms with Crippen LogP contribution in [0.4, 0.5) is 5.69 Å². The third-order valence-corrected chi connectivity index (χ3v) is 6.99. The first-order chi connectivity index (χ1) is 18.6. The first-order valence-corrected chi connectivity index (χ1v) is 13.0. The molecule has 0 aromatic heterocycles. The Morgan fingerprint density at radius 1 is 0.921 bits per heavy atom. The fraction of sp³-hybridized carbons (Fsp3) is 0.0625. The number of hydrogen-bond donors (Lipinski definition) is 1. The lowest BCUT2D eigenvalue weighted by Gasteiger charge is -2.15. The average Bonchev–Trinajstić information content (AvgIpc) is 2.95. The molecule has 1 N–H and O–H groups in total. The van der Waals surface area contributed by atoms with Gasteiger partial charge in [-0.25, -0.2) is 0 Å². The minimum Gasteiger partial charge on any atom is -0.493 e.